The number of anilines is 1. The molecule has 0 spiro atoms. The van der Waals surface area contributed by atoms with Crippen molar-refractivity contribution in [1.82, 2.24) is 5.32 Å². The number of hydrogen-bond donors (Lipinski definition) is 2. The first-order chi connectivity index (χ1) is 12.2. The number of hydrogen-bond acceptors (Lipinski definition) is 4. The molecule has 26 heavy (non-hydrogen) atoms. The van der Waals surface area contributed by atoms with E-state index in [1.807, 2.05) is 44.2 Å². The minimum absolute atomic E-state index is 0.0350. The Morgan fingerprint density at radius 3 is 2.19 bits per heavy atom. The van der Waals surface area contributed by atoms with Crippen LogP contribution in [0.4, 0.5) is 5.69 Å². The zero-order chi connectivity index (χ0) is 19.2. The zero-order valence-electron chi connectivity index (χ0n) is 15.1. The van der Waals surface area contributed by atoms with Crippen molar-refractivity contribution in [1.29, 1.82) is 0 Å². The maximum atomic E-state index is 12.2. The van der Waals surface area contributed by atoms with Crippen molar-refractivity contribution in [2.24, 2.45) is 0 Å². The molecule has 0 aliphatic carbocycles. The Hall–Kier alpha value is -2.54. The molecule has 0 aliphatic rings. The van der Waals surface area contributed by atoms with Gasteiger partial charge in [0.25, 0.3) is 0 Å². The molecule has 2 N–H and O–H groups in total. The molecule has 0 radical (unpaired) electrons. The van der Waals surface area contributed by atoms with Gasteiger partial charge in [0.1, 0.15) is 11.5 Å². The number of nitrogens with one attached hydrogen (secondary N) is 2. The molecule has 0 saturated heterocycles. The van der Waals surface area contributed by atoms with Crippen LogP contribution >= 0.6 is 0 Å². The molecule has 0 saturated carbocycles. The number of sulfonamides is 1. The van der Waals surface area contributed by atoms with Gasteiger partial charge in [0, 0.05) is 5.69 Å². The van der Waals surface area contributed by atoms with Crippen LogP contribution in [-0.4, -0.2) is 26.2 Å². The van der Waals surface area contributed by atoms with Crippen LogP contribution in [0.5, 0.6) is 5.75 Å². The van der Waals surface area contributed by atoms with Gasteiger partial charge in [-0.25, -0.2) is 8.42 Å². The van der Waals surface area contributed by atoms with Crippen molar-refractivity contribution in [2.45, 2.75) is 32.9 Å². The average molecular weight is 376 g/mol. The van der Waals surface area contributed by atoms with Gasteiger partial charge in [-0.15, -0.1) is 0 Å². The summed E-state index contributed by atoms with van der Waals surface area (Å²) in [6, 6.07) is 15.6. The van der Waals surface area contributed by atoms with Gasteiger partial charge in [-0.05, 0) is 50.6 Å². The van der Waals surface area contributed by atoms with Gasteiger partial charge in [0.05, 0.1) is 12.1 Å². The molecule has 7 heteroatoms. The Balaban J connectivity index is 1.92. The average Bonchev–Trinajstić information content (AvgIpc) is 2.56. The van der Waals surface area contributed by atoms with E-state index >= 15 is 0 Å². The van der Waals surface area contributed by atoms with E-state index in [4.69, 9.17) is 4.74 Å². The number of amides is 1. The molecule has 2 rings (SSSR count). The van der Waals surface area contributed by atoms with Gasteiger partial charge in [-0.1, -0.05) is 30.3 Å². The van der Waals surface area contributed by atoms with Crippen molar-refractivity contribution in [2.75, 3.05) is 10.5 Å². The van der Waals surface area contributed by atoms with E-state index in [0.717, 1.165) is 5.56 Å². The van der Waals surface area contributed by atoms with Crippen molar-refractivity contribution < 1.29 is 17.9 Å². The number of rotatable bonds is 8. The molecular formula is C19H24N2O4S. The molecule has 2 aromatic carbocycles. The summed E-state index contributed by atoms with van der Waals surface area (Å²) >= 11 is 0. The van der Waals surface area contributed by atoms with E-state index in [9.17, 15) is 13.2 Å². The van der Waals surface area contributed by atoms with Gasteiger partial charge in [-0.2, -0.15) is 0 Å². The van der Waals surface area contributed by atoms with E-state index in [2.05, 4.69) is 10.0 Å². The minimum Gasteiger partial charge on any atom is -0.491 e. The number of benzene rings is 2. The highest BCUT2D eigenvalue weighted by Crippen LogP contribution is 2.18. The molecule has 1 amide bonds. The molecule has 0 aliphatic heterocycles. The quantitative estimate of drug-likeness (QED) is 0.741. The number of ether oxygens (including phenoxy) is 1. The molecule has 0 fully saturated rings. The molecule has 1 atom stereocenters. The fourth-order valence-electron chi connectivity index (χ4n) is 2.37. The molecular weight excluding hydrogens is 352 g/mol. The van der Waals surface area contributed by atoms with E-state index in [0.29, 0.717) is 11.4 Å². The van der Waals surface area contributed by atoms with Crippen LogP contribution < -0.4 is 14.8 Å². The smallest absolute Gasteiger partial charge is 0.241 e. The second-order valence-corrected chi connectivity index (χ2v) is 7.97. The van der Waals surface area contributed by atoms with Crippen molar-refractivity contribution in [3.63, 3.8) is 0 Å². The van der Waals surface area contributed by atoms with Gasteiger partial charge in [0.2, 0.25) is 15.9 Å². The SMILES string of the molecule is CC(C)Oc1ccc(NS(=O)(=O)CC(=O)NC(C)c2ccccc2)cc1. The lowest BCUT2D eigenvalue weighted by molar-refractivity contribution is -0.119. The van der Waals surface area contributed by atoms with Crippen LogP contribution in [0.25, 0.3) is 0 Å². The van der Waals surface area contributed by atoms with E-state index in [-0.39, 0.29) is 12.1 Å². The highest BCUT2D eigenvalue weighted by molar-refractivity contribution is 7.93. The summed E-state index contributed by atoms with van der Waals surface area (Å²) in [6.45, 7) is 5.62. The van der Waals surface area contributed by atoms with Crippen LogP contribution in [-0.2, 0) is 14.8 Å². The molecule has 140 valence electrons. The summed E-state index contributed by atoms with van der Waals surface area (Å²) in [5.41, 5.74) is 1.29. The van der Waals surface area contributed by atoms with E-state index in [1.54, 1.807) is 31.2 Å². The third-order valence-electron chi connectivity index (χ3n) is 3.50. The first-order valence-electron chi connectivity index (χ1n) is 8.37. The van der Waals surface area contributed by atoms with Crippen LogP contribution in [0.2, 0.25) is 0 Å². The first-order valence-corrected chi connectivity index (χ1v) is 10.0. The Morgan fingerprint density at radius 1 is 1.00 bits per heavy atom. The summed E-state index contributed by atoms with van der Waals surface area (Å²) in [7, 11) is -3.80. The summed E-state index contributed by atoms with van der Waals surface area (Å²) < 4.78 is 32.3. The van der Waals surface area contributed by atoms with Crippen molar-refractivity contribution >= 4 is 21.6 Å². The van der Waals surface area contributed by atoms with Crippen molar-refractivity contribution in [3.8, 4) is 5.75 Å². The minimum atomic E-state index is -3.80. The van der Waals surface area contributed by atoms with Gasteiger partial charge in [-0.3, -0.25) is 9.52 Å². The largest absolute Gasteiger partial charge is 0.491 e. The number of carbonyl (C=O) groups is 1. The standard InChI is InChI=1S/C19H24N2O4S/c1-14(2)25-18-11-9-17(10-12-18)21-26(23,24)13-19(22)20-15(3)16-7-5-4-6-8-16/h4-12,14-15,21H,13H2,1-3H3,(H,20,22). The summed E-state index contributed by atoms with van der Waals surface area (Å²) in [5, 5.41) is 2.69. The molecule has 1 unspecified atom stereocenters. The second kappa shape index (κ2) is 8.71. The van der Waals surface area contributed by atoms with Crippen molar-refractivity contribution in [3.05, 3.63) is 60.2 Å². The lowest BCUT2D eigenvalue weighted by Crippen LogP contribution is -2.34. The highest BCUT2D eigenvalue weighted by atomic mass is 32.2. The third-order valence-corrected chi connectivity index (χ3v) is 4.69. The maximum Gasteiger partial charge on any atom is 0.241 e. The van der Waals surface area contributed by atoms with Crippen LogP contribution in [0.3, 0.4) is 0 Å². The Morgan fingerprint density at radius 2 is 1.62 bits per heavy atom. The van der Waals surface area contributed by atoms with Crippen LogP contribution in [0, 0.1) is 0 Å². The Kier molecular flexibility index (Phi) is 6.63. The molecule has 2 aromatic rings. The van der Waals surface area contributed by atoms with E-state index in [1.165, 1.54) is 0 Å². The predicted molar refractivity (Wildman–Crippen MR) is 103 cm³/mol. The highest BCUT2D eigenvalue weighted by Gasteiger charge is 2.18. The number of carbonyl (C=O) groups excluding carboxylic acids is 1. The van der Waals surface area contributed by atoms with E-state index < -0.39 is 21.7 Å². The first kappa shape index (κ1) is 19.8. The topological polar surface area (TPSA) is 84.5 Å². The van der Waals surface area contributed by atoms with Crippen LogP contribution in [0.15, 0.2) is 54.6 Å². The fourth-order valence-corrected chi connectivity index (χ4v) is 3.37. The Bertz CT molecular complexity index is 818. The molecule has 0 heterocycles. The summed E-state index contributed by atoms with van der Waals surface area (Å²) in [6.07, 6.45) is 0.0350. The Labute approximate surface area is 154 Å². The molecule has 6 nitrogen and oxygen atoms in total. The third kappa shape index (κ3) is 6.40. The van der Waals surface area contributed by atoms with Gasteiger partial charge >= 0.3 is 0 Å². The lowest BCUT2D eigenvalue weighted by Gasteiger charge is -2.15. The van der Waals surface area contributed by atoms with Gasteiger partial charge in [0.15, 0.2) is 0 Å². The van der Waals surface area contributed by atoms with Crippen LogP contribution in [0.1, 0.15) is 32.4 Å². The maximum absolute atomic E-state index is 12.2. The zero-order valence-corrected chi connectivity index (χ0v) is 15.9. The normalized spacial score (nSPS) is 12.5. The molecule has 0 aromatic heterocycles. The second-order valence-electron chi connectivity index (χ2n) is 6.25. The summed E-state index contributed by atoms with van der Waals surface area (Å²) in [5.74, 6) is -0.556. The molecule has 0 bridgehead atoms. The van der Waals surface area contributed by atoms with Gasteiger partial charge < -0.3 is 10.1 Å². The predicted octanol–water partition coefficient (Wildman–Crippen LogP) is 3.09. The summed E-state index contributed by atoms with van der Waals surface area (Å²) in [4.78, 5) is 12.1. The fraction of sp³-hybridized carbons (Fsp3) is 0.316. The lowest BCUT2D eigenvalue weighted by atomic mass is 10.1. The monoisotopic (exact) mass is 376 g/mol.